The molecule has 3 rings (SSSR count). The van der Waals surface area contributed by atoms with Crippen LogP contribution < -0.4 is 0 Å². The Morgan fingerprint density at radius 2 is 1.93 bits per heavy atom. The number of hydrogen-bond donors (Lipinski definition) is 0. The van der Waals surface area contributed by atoms with Crippen molar-refractivity contribution in [3.63, 3.8) is 0 Å². The molecule has 0 aromatic heterocycles. The Kier molecular flexibility index (Phi) is 1.60. The van der Waals surface area contributed by atoms with Gasteiger partial charge in [-0.05, 0) is 42.1 Å². The van der Waals surface area contributed by atoms with Crippen LogP contribution in [0.15, 0.2) is 30.3 Å². The lowest BCUT2D eigenvalue weighted by Crippen LogP contribution is -2.07. The zero-order chi connectivity index (χ0) is 9.65. The fraction of sp³-hybridized carbons (Fsp3) is 0.571. The SMILES string of the molecule is C[C@@]12CCC[C@]1(Cc1ccccc1)C2. The van der Waals surface area contributed by atoms with Crippen molar-refractivity contribution in [3.8, 4) is 0 Å². The molecule has 74 valence electrons. The molecule has 0 radical (unpaired) electrons. The lowest BCUT2D eigenvalue weighted by molar-refractivity contribution is 0.415. The Labute approximate surface area is 86.3 Å². The minimum atomic E-state index is 0.703. The monoisotopic (exact) mass is 186 g/mol. The quantitative estimate of drug-likeness (QED) is 0.659. The van der Waals surface area contributed by atoms with Crippen LogP contribution in [0.3, 0.4) is 0 Å². The molecular weight excluding hydrogens is 168 g/mol. The van der Waals surface area contributed by atoms with Gasteiger partial charge in [-0.15, -0.1) is 0 Å². The van der Waals surface area contributed by atoms with Crippen molar-refractivity contribution in [3.05, 3.63) is 35.9 Å². The third-order valence-corrected chi connectivity index (χ3v) is 4.65. The molecule has 0 unspecified atom stereocenters. The molecule has 2 atom stereocenters. The van der Waals surface area contributed by atoms with E-state index < -0.39 is 0 Å². The van der Waals surface area contributed by atoms with Crippen molar-refractivity contribution in [1.82, 2.24) is 0 Å². The van der Waals surface area contributed by atoms with E-state index in [4.69, 9.17) is 0 Å². The molecule has 0 heterocycles. The van der Waals surface area contributed by atoms with Crippen LogP contribution in [-0.4, -0.2) is 0 Å². The molecule has 1 aromatic carbocycles. The summed E-state index contributed by atoms with van der Waals surface area (Å²) in [6.45, 7) is 2.49. The lowest BCUT2D eigenvalue weighted by atomic mass is 9.90. The molecule has 2 aliphatic rings. The van der Waals surface area contributed by atoms with Gasteiger partial charge in [-0.25, -0.2) is 0 Å². The highest BCUT2D eigenvalue weighted by atomic mass is 14.7. The van der Waals surface area contributed by atoms with Crippen LogP contribution >= 0.6 is 0 Å². The normalized spacial score (nSPS) is 39.5. The number of hydrogen-bond acceptors (Lipinski definition) is 0. The van der Waals surface area contributed by atoms with Crippen molar-refractivity contribution in [2.45, 2.75) is 39.0 Å². The van der Waals surface area contributed by atoms with Crippen molar-refractivity contribution in [2.75, 3.05) is 0 Å². The average Bonchev–Trinajstić information content (AvgIpc) is 2.60. The molecule has 0 saturated heterocycles. The first-order valence-corrected chi connectivity index (χ1v) is 5.78. The van der Waals surface area contributed by atoms with E-state index in [9.17, 15) is 0 Å². The molecule has 0 aliphatic heterocycles. The summed E-state index contributed by atoms with van der Waals surface area (Å²) in [6, 6.07) is 11.0. The zero-order valence-corrected chi connectivity index (χ0v) is 8.92. The first kappa shape index (κ1) is 8.52. The fourth-order valence-electron chi connectivity index (χ4n) is 3.61. The summed E-state index contributed by atoms with van der Waals surface area (Å²) < 4.78 is 0. The molecule has 14 heavy (non-hydrogen) atoms. The van der Waals surface area contributed by atoms with Crippen molar-refractivity contribution in [1.29, 1.82) is 0 Å². The Bertz CT molecular complexity index is 336. The Morgan fingerprint density at radius 3 is 2.50 bits per heavy atom. The minimum Gasteiger partial charge on any atom is -0.0622 e. The third-order valence-electron chi connectivity index (χ3n) is 4.65. The van der Waals surface area contributed by atoms with Crippen LogP contribution in [0, 0.1) is 10.8 Å². The number of rotatable bonds is 2. The predicted molar refractivity (Wildman–Crippen MR) is 59.2 cm³/mol. The standard InChI is InChI=1S/C14H18/c1-13-8-5-9-14(13,11-13)10-12-6-3-2-4-7-12/h2-4,6-7H,5,8-11H2,1H3/t13-,14-/m0/s1. The first-order chi connectivity index (χ1) is 6.74. The second-order valence-electron chi connectivity index (χ2n) is 5.53. The van der Waals surface area contributed by atoms with Gasteiger partial charge in [0.1, 0.15) is 0 Å². The molecule has 0 N–H and O–H groups in total. The van der Waals surface area contributed by atoms with E-state index in [1.165, 1.54) is 37.7 Å². The van der Waals surface area contributed by atoms with E-state index in [1.807, 2.05) is 0 Å². The first-order valence-electron chi connectivity index (χ1n) is 5.78. The van der Waals surface area contributed by atoms with Crippen LogP contribution in [0.4, 0.5) is 0 Å². The summed E-state index contributed by atoms with van der Waals surface area (Å²) >= 11 is 0. The van der Waals surface area contributed by atoms with Crippen molar-refractivity contribution >= 4 is 0 Å². The van der Waals surface area contributed by atoms with Crippen LogP contribution in [0.25, 0.3) is 0 Å². The molecule has 1 aromatic rings. The van der Waals surface area contributed by atoms with Crippen LogP contribution in [-0.2, 0) is 6.42 Å². The van der Waals surface area contributed by atoms with Gasteiger partial charge in [-0.1, -0.05) is 43.7 Å². The molecule has 2 saturated carbocycles. The molecule has 2 fully saturated rings. The topological polar surface area (TPSA) is 0 Å². The molecule has 0 nitrogen and oxygen atoms in total. The van der Waals surface area contributed by atoms with Gasteiger partial charge in [0.2, 0.25) is 0 Å². The van der Waals surface area contributed by atoms with E-state index in [0.717, 1.165) is 0 Å². The van der Waals surface area contributed by atoms with E-state index in [-0.39, 0.29) is 0 Å². The molecule has 0 spiro atoms. The second kappa shape index (κ2) is 2.62. The summed E-state index contributed by atoms with van der Waals surface area (Å²) in [4.78, 5) is 0. The van der Waals surface area contributed by atoms with Gasteiger partial charge in [0.05, 0.1) is 0 Å². The van der Waals surface area contributed by atoms with Crippen molar-refractivity contribution < 1.29 is 0 Å². The van der Waals surface area contributed by atoms with Gasteiger partial charge in [0.25, 0.3) is 0 Å². The van der Waals surface area contributed by atoms with Crippen LogP contribution in [0.1, 0.15) is 38.2 Å². The highest BCUT2D eigenvalue weighted by Gasteiger charge is 2.65. The van der Waals surface area contributed by atoms with Crippen LogP contribution in [0.2, 0.25) is 0 Å². The van der Waals surface area contributed by atoms with Gasteiger partial charge in [0.15, 0.2) is 0 Å². The lowest BCUT2D eigenvalue weighted by Gasteiger charge is -2.14. The molecule has 0 heteroatoms. The van der Waals surface area contributed by atoms with Crippen LogP contribution in [0.5, 0.6) is 0 Å². The molecule has 0 bridgehead atoms. The number of benzene rings is 1. The predicted octanol–water partition coefficient (Wildman–Crippen LogP) is 3.81. The highest BCUT2D eigenvalue weighted by Crippen LogP contribution is 2.74. The largest absolute Gasteiger partial charge is 0.0622 e. The summed E-state index contributed by atoms with van der Waals surface area (Å²) in [5, 5.41) is 0. The van der Waals surface area contributed by atoms with Gasteiger partial charge >= 0.3 is 0 Å². The van der Waals surface area contributed by atoms with Gasteiger partial charge in [0, 0.05) is 0 Å². The molecule has 0 amide bonds. The maximum absolute atomic E-state index is 2.49. The summed E-state index contributed by atoms with van der Waals surface area (Å²) in [6.07, 6.45) is 7.21. The van der Waals surface area contributed by atoms with E-state index in [0.29, 0.717) is 10.8 Å². The Morgan fingerprint density at radius 1 is 1.14 bits per heavy atom. The Hall–Kier alpha value is -0.780. The average molecular weight is 186 g/mol. The third kappa shape index (κ3) is 1.06. The second-order valence-corrected chi connectivity index (χ2v) is 5.53. The maximum Gasteiger partial charge on any atom is -0.0198 e. The molecular formula is C14H18. The van der Waals surface area contributed by atoms with Crippen molar-refractivity contribution in [2.24, 2.45) is 10.8 Å². The van der Waals surface area contributed by atoms with Gasteiger partial charge in [-0.3, -0.25) is 0 Å². The fourth-order valence-corrected chi connectivity index (χ4v) is 3.61. The van der Waals surface area contributed by atoms with E-state index in [2.05, 4.69) is 37.3 Å². The van der Waals surface area contributed by atoms with E-state index in [1.54, 1.807) is 0 Å². The maximum atomic E-state index is 2.49. The van der Waals surface area contributed by atoms with Gasteiger partial charge in [-0.2, -0.15) is 0 Å². The smallest absolute Gasteiger partial charge is 0.0198 e. The number of fused-ring (bicyclic) bond motifs is 1. The summed E-state index contributed by atoms with van der Waals surface area (Å²) in [5.41, 5.74) is 2.95. The Balaban J connectivity index is 1.81. The summed E-state index contributed by atoms with van der Waals surface area (Å²) in [5.74, 6) is 0. The molecule has 2 aliphatic carbocycles. The zero-order valence-electron chi connectivity index (χ0n) is 8.92. The highest BCUT2D eigenvalue weighted by molar-refractivity contribution is 5.24. The minimum absolute atomic E-state index is 0.703. The summed E-state index contributed by atoms with van der Waals surface area (Å²) in [7, 11) is 0. The van der Waals surface area contributed by atoms with Gasteiger partial charge < -0.3 is 0 Å². The van der Waals surface area contributed by atoms with E-state index >= 15 is 0 Å².